The van der Waals surface area contributed by atoms with E-state index in [0.29, 0.717) is 23.3 Å². The summed E-state index contributed by atoms with van der Waals surface area (Å²) in [6, 6.07) is 3.54. The molecule has 0 bridgehead atoms. The molecular weight excluding hydrogens is 372 g/mol. The van der Waals surface area contributed by atoms with Crippen LogP contribution in [0.15, 0.2) is 30.9 Å². The van der Waals surface area contributed by atoms with E-state index < -0.39 is 0 Å². The van der Waals surface area contributed by atoms with Crippen molar-refractivity contribution in [3.8, 4) is 10.4 Å². The van der Waals surface area contributed by atoms with Gasteiger partial charge in [-0.2, -0.15) is 0 Å². The zero-order valence-corrected chi connectivity index (χ0v) is 16.1. The van der Waals surface area contributed by atoms with Crippen LogP contribution in [0.3, 0.4) is 0 Å². The summed E-state index contributed by atoms with van der Waals surface area (Å²) in [6.45, 7) is 5.12. The molecule has 0 aliphatic carbocycles. The van der Waals surface area contributed by atoms with Crippen LogP contribution in [0.4, 0.5) is 9.93 Å². The fraction of sp³-hybridized carbons (Fsp3) is 0.294. The van der Waals surface area contributed by atoms with Crippen LogP contribution in [0.2, 0.25) is 5.15 Å². The van der Waals surface area contributed by atoms with Crippen molar-refractivity contribution in [3.05, 3.63) is 47.4 Å². The van der Waals surface area contributed by atoms with E-state index in [1.54, 1.807) is 18.7 Å². The Morgan fingerprint density at radius 2 is 2.12 bits per heavy atom. The van der Waals surface area contributed by atoms with Gasteiger partial charge in [-0.15, -0.1) is 0 Å². The van der Waals surface area contributed by atoms with E-state index >= 15 is 0 Å². The predicted molar refractivity (Wildman–Crippen MR) is 104 cm³/mol. The zero-order valence-electron chi connectivity index (χ0n) is 14.5. The molecule has 26 heavy (non-hydrogen) atoms. The summed E-state index contributed by atoms with van der Waals surface area (Å²) in [5.41, 5.74) is 2.68. The van der Waals surface area contributed by atoms with Gasteiger partial charge in [0, 0.05) is 31.9 Å². The van der Waals surface area contributed by atoms with Crippen LogP contribution >= 0.6 is 22.9 Å². The van der Waals surface area contributed by atoms with Crippen molar-refractivity contribution in [1.82, 2.24) is 24.8 Å². The molecule has 0 saturated heterocycles. The Morgan fingerprint density at radius 3 is 2.81 bits per heavy atom. The SMILES string of the molecule is CCn1cnc(CCNC(=O)Nc2nc(C)c(-c3ccncc3)s2)c1Cl. The molecule has 3 rings (SSSR count). The number of carbonyl (C=O) groups excluding carboxylic acids is 1. The Morgan fingerprint density at radius 1 is 1.35 bits per heavy atom. The lowest BCUT2D eigenvalue weighted by Gasteiger charge is -2.05. The van der Waals surface area contributed by atoms with Crippen LogP contribution in [-0.4, -0.2) is 32.1 Å². The molecule has 2 amide bonds. The number of hydrogen-bond donors (Lipinski definition) is 2. The van der Waals surface area contributed by atoms with E-state index in [1.165, 1.54) is 11.3 Å². The Labute approximate surface area is 160 Å². The summed E-state index contributed by atoms with van der Waals surface area (Å²) >= 11 is 7.64. The summed E-state index contributed by atoms with van der Waals surface area (Å²) in [6.07, 6.45) is 5.74. The van der Waals surface area contributed by atoms with E-state index in [2.05, 4.69) is 25.6 Å². The maximum atomic E-state index is 12.1. The second-order valence-electron chi connectivity index (χ2n) is 5.57. The number of halogens is 1. The third-order valence-electron chi connectivity index (χ3n) is 3.79. The highest BCUT2D eigenvalue weighted by Crippen LogP contribution is 2.32. The number of aromatic nitrogens is 4. The predicted octanol–water partition coefficient (Wildman–Crippen LogP) is 3.75. The number of hydrogen-bond acceptors (Lipinski definition) is 5. The van der Waals surface area contributed by atoms with E-state index in [1.807, 2.05) is 30.5 Å². The number of aryl methyl sites for hydroxylation is 2. The van der Waals surface area contributed by atoms with E-state index in [4.69, 9.17) is 11.6 Å². The van der Waals surface area contributed by atoms with Gasteiger partial charge in [0.15, 0.2) is 5.13 Å². The van der Waals surface area contributed by atoms with Gasteiger partial charge in [0.25, 0.3) is 0 Å². The summed E-state index contributed by atoms with van der Waals surface area (Å²) in [4.78, 5) is 25.8. The van der Waals surface area contributed by atoms with Crippen molar-refractivity contribution >= 4 is 34.1 Å². The van der Waals surface area contributed by atoms with E-state index in [0.717, 1.165) is 28.4 Å². The van der Waals surface area contributed by atoms with Gasteiger partial charge in [-0.3, -0.25) is 10.3 Å². The van der Waals surface area contributed by atoms with Gasteiger partial charge in [0.2, 0.25) is 0 Å². The highest BCUT2D eigenvalue weighted by molar-refractivity contribution is 7.19. The number of nitrogens with one attached hydrogen (secondary N) is 2. The molecule has 0 saturated carbocycles. The number of thiazole rings is 1. The molecule has 3 aromatic heterocycles. The van der Waals surface area contributed by atoms with Crippen LogP contribution in [-0.2, 0) is 13.0 Å². The number of rotatable bonds is 6. The fourth-order valence-corrected chi connectivity index (χ4v) is 3.73. The molecule has 2 N–H and O–H groups in total. The van der Waals surface area contributed by atoms with E-state index in [9.17, 15) is 4.79 Å². The minimum atomic E-state index is -0.300. The number of pyridine rings is 1. The first-order valence-corrected chi connectivity index (χ1v) is 9.40. The molecule has 9 heteroatoms. The van der Waals surface area contributed by atoms with Crippen molar-refractivity contribution in [3.63, 3.8) is 0 Å². The molecule has 136 valence electrons. The van der Waals surface area contributed by atoms with Gasteiger partial charge in [0.1, 0.15) is 5.15 Å². The third-order valence-corrected chi connectivity index (χ3v) is 5.35. The number of urea groups is 1. The number of imidazole rings is 1. The van der Waals surface area contributed by atoms with Crippen LogP contribution in [0.25, 0.3) is 10.4 Å². The Bertz CT molecular complexity index is 892. The van der Waals surface area contributed by atoms with Gasteiger partial charge in [-0.1, -0.05) is 22.9 Å². The zero-order chi connectivity index (χ0) is 18.5. The molecule has 0 unspecified atom stereocenters. The average molecular weight is 391 g/mol. The Kier molecular flexibility index (Phi) is 5.85. The van der Waals surface area contributed by atoms with Crippen LogP contribution in [0.5, 0.6) is 0 Å². The van der Waals surface area contributed by atoms with Crippen molar-refractivity contribution in [2.75, 3.05) is 11.9 Å². The fourth-order valence-electron chi connectivity index (χ4n) is 2.45. The minimum Gasteiger partial charge on any atom is -0.337 e. The average Bonchev–Trinajstić information content (AvgIpc) is 3.18. The topological polar surface area (TPSA) is 84.7 Å². The third kappa shape index (κ3) is 4.20. The lowest BCUT2D eigenvalue weighted by atomic mass is 10.2. The van der Waals surface area contributed by atoms with E-state index in [-0.39, 0.29) is 6.03 Å². The molecule has 3 heterocycles. The summed E-state index contributed by atoms with van der Waals surface area (Å²) in [5, 5.41) is 6.75. The molecule has 7 nitrogen and oxygen atoms in total. The Hall–Kier alpha value is -2.45. The highest BCUT2D eigenvalue weighted by atomic mass is 35.5. The normalized spacial score (nSPS) is 10.7. The molecule has 0 aromatic carbocycles. The molecule has 0 aliphatic heterocycles. The van der Waals surface area contributed by atoms with Crippen molar-refractivity contribution < 1.29 is 4.79 Å². The first kappa shape index (κ1) is 18.3. The largest absolute Gasteiger partial charge is 0.337 e. The lowest BCUT2D eigenvalue weighted by Crippen LogP contribution is -2.30. The monoisotopic (exact) mass is 390 g/mol. The molecule has 0 atom stereocenters. The molecule has 3 aromatic rings. The molecule has 0 spiro atoms. The van der Waals surface area contributed by atoms with Gasteiger partial charge in [-0.25, -0.2) is 14.8 Å². The van der Waals surface area contributed by atoms with Crippen molar-refractivity contribution in [2.45, 2.75) is 26.8 Å². The van der Waals surface area contributed by atoms with Gasteiger partial charge < -0.3 is 9.88 Å². The molecule has 0 fully saturated rings. The van der Waals surface area contributed by atoms with Gasteiger partial charge >= 0.3 is 6.03 Å². The second-order valence-corrected chi connectivity index (χ2v) is 6.93. The van der Waals surface area contributed by atoms with Crippen LogP contribution < -0.4 is 10.6 Å². The number of carbonyl (C=O) groups is 1. The maximum absolute atomic E-state index is 12.1. The van der Waals surface area contributed by atoms with Gasteiger partial charge in [0.05, 0.1) is 22.6 Å². The van der Waals surface area contributed by atoms with Crippen LogP contribution in [0.1, 0.15) is 18.3 Å². The lowest BCUT2D eigenvalue weighted by molar-refractivity contribution is 0.252. The summed E-state index contributed by atoms with van der Waals surface area (Å²) in [5.74, 6) is 0. The smallest absolute Gasteiger partial charge is 0.321 e. The standard InChI is InChI=1S/C17H19ClN6OS/c1-3-24-10-21-13(15(24)18)6-9-20-16(25)23-17-22-11(2)14(26-17)12-4-7-19-8-5-12/h4-5,7-8,10H,3,6,9H2,1-2H3,(H2,20,22,23,25). The summed E-state index contributed by atoms with van der Waals surface area (Å²) < 4.78 is 1.86. The first-order valence-electron chi connectivity index (χ1n) is 8.20. The minimum absolute atomic E-state index is 0.300. The molecular formula is C17H19ClN6OS. The second kappa shape index (κ2) is 8.29. The van der Waals surface area contributed by atoms with Crippen LogP contribution in [0, 0.1) is 6.92 Å². The maximum Gasteiger partial charge on any atom is 0.321 e. The molecule has 0 radical (unpaired) electrons. The quantitative estimate of drug-likeness (QED) is 0.671. The number of amides is 2. The number of anilines is 1. The first-order chi connectivity index (χ1) is 12.6. The highest BCUT2D eigenvalue weighted by Gasteiger charge is 2.12. The summed E-state index contributed by atoms with van der Waals surface area (Å²) in [7, 11) is 0. The van der Waals surface area contributed by atoms with Crippen molar-refractivity contribution in [1.29, 1.82) is 0 Å². The number of nitrogens with zero attached hydrogens (tertiary/aromatic N) is 4. The van der Waals surface area contributed by atoms with Gasteiger partial charge in [-0.05, 0) is 31.5 Å². The Balaban J connectivity index is 1.54. The van der Waals surface area contributed by atoms with Crippen molar-refractivity contribution in [2.24, 2.45) is 0 Å². The molecule has 0 aliphatic rings.